The highest BCUT2D eigenvalue weighted by Gasteiger charge is 2.28. The van der Waals surface area contributed by atoms with Crippen LogP contribution in [0.1, 0.15) is 12.8 Å². The molecule has 0 aliphatic carbocycles. The highest BCUT2D eigenvalue weighted by atomic mass is 16.2. The number of amides is 2. The molecular formula is C14H16N4O2. The number of aromatic amines is 1. The van der Waals surface area contributed by atoms with Crippen LogP contribution in [0.15, 0.2) is 24.4 Å². The number of piperidine rings is 1. The minimum absolute atomic E-state index is 0.0293. The van der Waals surface area contributed by atoms with Gasteiger partial charge < -0.3 is 10.2 Å². The molecule has 104 valence electrons. The molecule has 1 unspecified atom stereocenters. The van der Waals surface area contributed by atoms with Gasteiger partial charge in [-0.05, 0) is 24.6 Å². The Balaban J connectivity index is 1.70. The third-order valence-corrected chi connectivity index (χ3v) is 3.74. The van der Waals surface area contributed by atoms with Crippen molar-refractivity contribution in [2.45, 2.75) is 12.8 Å². The van der Waals surface area contributed by atoms with Crippen molar-refractivity contribution >= 4 is 28.4 Å². The van der Waals surface area contributed by atoms with Crippen molar-refractivity contribution in [3.63, 3.8) is 0 Å². The van der Waals surface area contributed by atoms with Gasteiger partial charge in [0, 0.05) is 37.0 Å². The van der Waals surface area contributed by atoms with Crippen LogP contribution in [0.3, 0.4) is 0 Å². The third-order valence-electron chi connectivity index (χ3n) is 3.74. The lowest BCUT2D eigenvalue weighted by Crippen LogP contribution is -2.39. The predicted molar refractivity (Wildman–Crippen MR) is 75.1 cm³/mol. The summed E-state index contributed by atoms with van der Waals surface area (Å²) in [4.78, 5) is 25.5. The van der Waals surface area contributed by atoms with Gasteiger partial charge in [0.1, 0.15) is 0 Å². The Kier molecular flexibility index (Phi) is 3.14. The van der Waals surface area contributed by atoms with Crippen molar-refractivity contribution in [1.29, 1.82) is 0 Å². The van der Waals surface area contributed by atoms with E-state index in [0.29, 0.717) is 13.0 Å². The van der Waals surface area contributed by atoms with E-state index >= 15 is 0 Å². The molecule has 20 heavy (non-hydrogen) atoms. The molecule has 1 aromatic carbocycles. The van der Waals surface area contributed by atoms with Gasteiger partial charge in [-0.25, -0.2) is 0 Å². The molecule has 0 radical (unpaired) electrons. The van der Waals surface area contributed by atoms with Crippen LogP contribution in [0, 0.1) is 5.92 Å². The zero-order chi connectivity index (χ0) is 14.1. The first-order chi connectivity index (χ1) is 9.63. The molecule has 6 nitrogen and oxygen atoms in total. The predicted octanol–water partition coefficient (Wildman–Crippen LogP) is 1.37. The van der Waals surface area contributed by atoms with Crippen LogP contribution in [0.25, 0.3) is 10.9 Å². The maximum Gasteiger partial charge on any atom is 0.228 e. The number of anilines is 1. The number of fused-ring (bicyclic) bond motifs is 1. The molecule has 0 spiro atoms. The number of likely N-dealkylation sites (tertiary alicyclic amines) is 1. The van der Waals surface area contributed by atoms with Gasteiger partial charge in [0.05, 0.1) is 11.7 Å². The molecule has 1 saturated heterocycles. The number of aromatic nitrogens is 2. The molecule has 1 atom stereocenters. The molecule has 0 saturated carbocycles. The SMILES string of the molecule is CN1CCC(C(=O)Nc2ccc3[nH]ncc3c2)CC1=O. The molecule has 1 aromatic heterocycles. The Morgan fingerprint density at radius 1 is 1.50 bits per heavy atom. The fourth-order valence-electron chi connectivity index (χ4n) is 2.43. The fraction of sp³-hybridized carbons (Fsp3) is 0.357. The summed E-state index contributed by atoms with van der Waals surface area (Å²) in [6.07, 6.45) is 2.71. The zero-order valence-electron chi connectivity index (χ0n) is 11.2. The highest BCUT2D eigenvalue weighted by molar-refractivity contribution is 5.97. The van der Waals surface area contributed by atoms with Crippen molar-refractivity contribution in [2.24, 2.45) is 5.92 Å². The summed E-state index contributed by atoms with van der Waals surface area (Å²) in [6, 6.07) is 5.57. The van der Waals surface area contributed by atoms with Crippen LogP contribution in [-0.4, -0.2) is 40.5 Å². The lowest BCUT2D eigenvalue weighted by Gasteiger charge is -2.27. The first-order valence-electron chi connectivity index (χ1n) is 6.61. The second-order valence-electron chi connectivity index (χ2n) is 5.17. The first-order valence-corrected chi connectivity index (χ1v) is 6.61. The lowest BCUT2D eigenvalue weighted by molar-refractivity contribution is -0.137. The second-order valence-corrected chi connectivity index (χ2v) is 5.17. The van der Waals surface area contributed by atoms with Gasteiger partial charge in [0.2, 0.25) is 11.8 Å². The van der Waals surface area contributed by atoms with E-state index in [1.165, 1.54) is 0 Å². The van der Waals surface area contributed by atoms with E-state index in [2.05, 4.69) is 15.5 Å². The summed E-state index contributed by atoms with van der Waals surface area (Å²) in [5, 5.41) is 10.6. The fourth-order valence-corrected chi connectivity index (χ4v) is 2.43. The number of nitrogens with zero attached hydrogens (tertiary/aromatic N) is 2. The summed E-state index contributed by atoms with van der Waals surface area (Å²) >= 11 is 0. The molecular weight excluding hydrogens is 256 g/mol. The minimum Gasteiger partial charge on any atom is -0.346 e. The standard InChI is InChI=1S/C14H16N4O2/c1-18-5-4-9(7-13(18)19)14(20)16-11-2-3-12-10(6-11)8-15-17-12/h2-3,6,8-9H,4-5,7H2,1H3,(H,15,17)(H,16,20). The molecule has 0 bridgehead atoms. The third kappa shape index (κ3) is 2.36. The molecule has 2 aromatic rings. The number of rotatable bonds is 2. The lowest BCUT2D eigenvalue weighted by atomic mass is 9.95. The van der Waals surface area contributed by atoms with E-state index in [9.17, 15) is 9.59 Å². The zero-order valence-corrected chi connectivity index (χ0v) is 11.2. The number of nitrogens with one attached hydrogen (secondary N) is 2. The molecule has 1 aliphatic rings. The largest absolute Gasteiger partial charge is 0.346 e. The van der Waals surface area contributed by atoms with Crippen LogP contribution in [0.4, 0.5) is 5.69 Å². The van der Waals surface area contributed by atoms with Crippen molar-refractivity contribution in [2.75, 3.05) is 18.9 Å². The van der Waals surface area contributed by atoms with Crippen LogP contribution in [0.5, 0.6) is 0 Å². The number of benzene rings is 1. The average molecular weight is 272 g/mol. The minimum atomic E-state index is -0.237. The van der Waals surface area contributed by atoms with Gasteiger partial charge in [-0.15, -0.1) is 0 Å². The number of hydrogen-bond acceptors (Lipinski definition) is 3. The van der Waals surface area contributed by atoms with Crippen molar-refractivity contribution < 1.29 is 9.59 Å². The summed E-state index contributed by atoms with van der Waals surface area (Å²) in [6.45, 7) is 0.637. The van der Waals surface area contributed by atoms with Crippen LogP contribution in [0.2, 0.25) is 0 Å². The van der Waals surface area contributed by atoms with Gasteiger partial charge >= 0.3 is 0 Å². The van der Waals surface area contributed by atoms with E-state index in [-0.39, 0.29) is 24.2 Å². The van der Waals surface area contributed by atoms with Crippen LogP contribution >= 0.6 is 0 Å². The monoisotopic (exact) mass is 272 g/mol. The number of hydrogen-bond donors (Lipinski definition) is 2. The maximum absolute atomic E-state index is 12.2. The number of H-pyrrole nitrogens is 1. The van der Waals surface area contributed by atoms with Crippen LogP contribution in [-0.2, 0) is 9.59 Å². The maximum atomic E-state index is 12.2. The van der Waals surface area contributed by atoms with Gasteiger partial charge in [-0.1, -0.05) is 0 Å². The van der Waals surface area contributed by atoms with Crippen molar-refractivity contribution in [3.05, 3.63) is 24.4 Å². The summed E-state index contributed by atoms with van der Waals surface area (Å²) in [5.74, 6) is -0.297. The normalized spacial score (nSPS) is 19.4. The van der Waals surface area contributed by atoms with Crippen molar-refractivity contribution in [1.82, 2.24) is 15.1 Å². The van der Waals surface area contributed by atoms with E-state index in [4.69, 9.17) is 0 Å². The Morgan fingerprint density at radius 2 is 2.35 bits per heavy atom. The molecule has 1 aliphatic heterocycles. The average Bonchev–Trinajstić information content (AvgIpc) is 2.89. The molecule has 2 amide bonds. The first kappa shape index (κ1) is 12.7. The van der Waals surface area contributed by atoms with Crippen molar-refractivity contribution in [3.8, 4) is 0 Å². The Labute approximate surface area is 116 Å². The molecule has 2 N–H and O–H groups in total. The van der Waals surface area contributed by atoms with Gasteiger partial charge in [-0.2, -0.15) is 5.10 Å². The summed E-state index contributed by atoms with van der Waals surface area (Å²) in [7, 11) is 1.77. The quantitative estimate of drug-likeness (QED) is 0.866. The molecule has 2 heterocycles. The Morgan fingerprint density at radius 3 is 3.15 bits per heavy atom. The summed E-state index contributed by atoms with van der Waals surface area (Å²) < 4.78 is 0. The van der Waals surface area contributed by atoms with E-state index in [0.717, 1.165) is 16.6 Å². The van der Waals surface area contributed by atoms with E-state index in [1.807, 2.05) is 18.2 Å². The topological polar surface area (TPSA) is 78.1 Å². The van der Waals surface area contributed by atoms with Gasteiger partial charge in [0.25, 0.3) is 0 Å². The molecule has 6 heteroatoms. The van der Waals surface area contributed by atoms with E-state index in [1.54, 1.807) is 18.1 Å². The van der Waals surface area contributed by atoms with E-state index < -0.39 is 0 Å². The second kappa shape index (κ2) is 4.96. The van der Waals surface area contributed by atoms with Gasteiger partial charge in [-0.3, -0.25) is 14.7 Å². The number of carbonyl (C=O) groups is 2. The summed E-state index contributed by atoms with van der Waals surface area (Å²) in [5.41, 5.74) is 1.66. The number of carbonyl (C=O) groups excluding carboxylic acids is 2. The molecule has 1 fully saturated rings. The molecule has 3 rings (SSSR count). The van der Waals surface area contributed by atoms with Crippen LogP contribution < -0.4 is 5.32 Å². The van der Waals surface area contributed by atoms with Gasteiger partial charge in [0.15, 0.2) is 0 Å². The highest BCUT2D eigenvalue weighted by Crippen LogP contribution is 2.21. The Bertz CT molecular complexity index is 664. The smallest absolute Gasteiger partial charge is 0.228 e. The Hall–Kier alpha value is -2.37.